The highest BCUT2D eigenvalue weighted by Crippen LogP contribution is 2.27. The lowest BCUT2D eigenvalue weighted by molar-refractivity contribution is -0.113. The Kier molecular flexibility index (Phi) is 6.01. The van der Waals surface area contributed by atoms with Gasteiger partial charge in [-0.1, -0.05) is 36.0 Å². The molecule has 10 heteroatoms. The van der Waals surface area contributed by atoms with E-state index in [9.17, 15) is 9.18 Å². The Bertz CT molecular complexity index is 992. The van der Waals surface area contributed by atoms with Crippen molar-refractivity contribution < 1.29 is 13.9 Å². The molecule has 0 spiro atoms. The first kappa shape index (κ1) is 19.3. The molecule has 150 valence electrons. The molecule has 8 nitrogen and oxygen atoms in total. The van der Waals surface area contributed by atoms with Gasteiger partial charge in [0.25, 0.3) is 0 Å². The van der Waals surface area contributed by atoms with E-state index >= 15 is 0 Å². The molecule has 2 heterocycles. The summed E-state index contributed by atoms with van der Waals surface area (Å²) in [6, 6.07) is 13.9. The standard InChI is InChI=1S/C19H19FN6O2S/c20-14-5-1-3-7-16(14)26-19(22-23-24-26)29-13-18(27)21-15-6-2-4-8-17(15)25-9-11-28-12-10-25/h1-8H,9-13H2,(H,21,27). The van der Waals surface area contributed by atoms with Crippen molar-refractivity contribution in [2.24, 2.45) is 0 Å². The van der Waals surface area contributed by atoms with Crippen molar-refractivity contribution in [2.75, 3.05) is 42.3 Å². The average Bonchev–Trinajstić information content (AvgIpc) is 3.22. The minimum Gasteiger partial charge on any atom is -0.378 e. The predicted octanol–water partition coefficient (Wildman–Crippen LogP) is 2.37. The van der Waals surface area contributed by atoms with Gasteiger partial charge in [-0.05, 0) is 34.7 Å². The summed E-state index contributed by atoms with van der Waals surface area (Å²) in [5.41, 5.74) is 1.94. The zero-order valence-electron chi connectivity index (χ0n) is 15.5. The highest BCUT2D eigenvalue weighted by atomic mass is 32.2. The quantitative estimate of drug-likeness (QED) is 0.620. The van der Waals surface area contributed by atoms with Gasteiger partial charge in [0, 0.05) is 13.1 Å². The topological polar surface area (TPSA) is 85.2 Å². The molecule has 0 bridgehead atoms. The zero-order valence-corrected chi connectivity index (χ0v) is 16.3. The Morgan fingerprint density at radius 2 is 1.83 bits per heavy atom. The number of benzene rings is 2. The first-order valence-corrected chi connectivity index (χ1v) is 10.1. The SMILES string of the molecule is O=C(CSc1nnnn1-c1ccccc1F)Nc1ccccc1N1CCOCC1. The van der Waals surface area contributed by atoms with Crippen LogP contribution >= 0.6 is 11.8 Å². The fourth-order valence-electron chi connectivity index (χ4n) is 3.02. The van der Waals surface area contributed by atoms with E-state index in [1.807, 2.05) is 24.3 Å². The fraction of sp³-hybridized carbons (Fsp3) is 0.263. The van der Waals surface area contributed by atoms with Crippen molar-refractivity contribution in [3.05, 3.63) is 54.3 Å². The monoisotopic (exact) mass is 414 g/mol. The van der Waals surface area contributed by atoms with Gasteiger partial charge >= 0.3 is 0 Å². The normalized spacial score (nSPS) is 14.0. The molecule has 0 radical (unpaired) electrons. The van der Waals surface area contributed by atoms with Gasteiger partial charge in [0.05, 0.1) is 30.3 Å². The number of morpholine rings is 1. The van der Waals surface area contributed by atoms with Crippen LogP contribution in [0, 0.1) is 5.82 Å². The van der Waals surface area contributed by atoms with E-state index in [-0.39, 0.29) is 17.3 Å². The molecule has 2 aromatic carbocycles. The van der Waals surface area contributed by atoms with Crippen LogP contribution in [0.1, 0.15) is 0 Å². The molecule has 1 amide bonds. The van der Waals surface area contributed by atoms with E-state index in [4.69, 9.17) is 4.74 Å². The van der Waals surface area contributed by atoms with Crippen LogP contribution in [0.4, 0.5) is 15.8 Å². The van der Waals surface area contributed by atoms with Crippen LogP contribution in [0.25, 0.3) is 5.69 Å². The minimum absolute atomic E-state index is 0.0896. The number of rotatable bonds is 6. The lowest BCUT2D eigenvalue weighted by Gasteiger charge is -2.30. The molecule has 29 heavy (non-hydrogen) atoms. The Morgan fingerprint density at radius 1 is 1.10 bits per heavy atom. The lowest BCUT2D eigenvalue weighted by atomic mass is 10.2. The van der Waals surface area contributed by atoms with Crippen LogP contribution in [0.15, 0.2) is 53.7 Å². The number of nitrogens with one attached hydrogen (secondary N) is 1. The number of thioether (sulfide) groups is 1. The molecule has 3 aromatic rings. The number of halogens is 1. The molecule has 0 unspecified atom stereocenters. The third-order valence-electron chi connectivity index (χ3n) is 4.38. The highest BCUT2D eigenvalue weighted by Gasteiger charge is 2.17. The van der Waals surface area contributed by atoms with Crippen LogP contribution in [0.2, 0.25) is 0 Å². The van der Waals surface area contributed by atoms with Gasteiger partial charge in [-0.15, -0.1) is 5.10 Å². The number of tetrazole rings is 1. The van der Waals surface area contributed by atoms with Crippen molar-refractivity contribution in [3.8, 4) is 5.69 Å². The number of carbonyl (C=O) groups excluding carboxylic acids is 1. The molecule has 0 aliphatic carbocycles. The summed E-state index contributed by atoms with van der Waals surface area (Å²) in [5, 5.41) is 14.6. The molecular weight excluding hydrogens is 395 g/mol. The minimum atomic E-state index is -0.439. The Labute approximate surface area is 171 Å². The Balaban J connectivity index is 1.42. The molecule has 0 saturated carbocycles. The van der Waals surface area contributed by atoms with E-state index in [1.165, 1.54) is 10.7 Å². The largest absolute Gasteiger partial charge is 0.378 e. The summed E-state index contributed by atoms with van der Waals surface area (Å²) in [6.45, 7) is 2.88. The van der Waals surface area contributed by atoms with Crippen molar-refractivity contribution in [1.82, 2.24) is 20.2 Å². The lowest BCUT2D eigenvalue weighted by Crippen LogP contribution is -2.36. The van der Waals surface area contributed by atoms with Gasteiger partial charge in [0.15, 0.2) is 0 Å². The highest BCUT2D eigenvalue weighted by molar-refractivity contribution is 7.99. The van der Waals surface area contributed by atoms with Gasteiger partial charge in [0.2, 0.25) is 11.1 Å². The molecule has 4 rings (SSSR count). The van der Waals surface area contributed by atoms with Crippen molar-refractivity contribution in [3.63, 3.8) is 0 Å². The molecule has 1 fully saturated rings. The fourth-order valence-corrected chi connectivity index (χ4v) is 3.70. The number of aromatic nitrogens is 4. The summed E-state index contributed by atoms with van der Waals surface area (Å²) in [4.78, 5) is 14.7. The maximum Gasteiger partial charge on any atom is 0.234 e. The molecule has 1 saturated heterocycles. The third-order valence-corrected chi connectivity index (χ3v) is 5.30. The summed E-state index contributed by atoms with van der Waals surface area (Å²) >= 11 is 1.14. The second kappa shape index (κ2) is 9.01. The number of nitrogens with zero attached hydrogens (tertiary/aromatic N) is 5. The molecule has 0 atom stereocenters. The van der Waals surface area contributed by atoms with Crippen LogP contribution in [-0.4, -0.2) is 58.2 Å². The van der Waals surface area contributed by atoms with E-state index < -0.39 is 5.82 Å². The van der Waals surface area contributed by atoms with Gasteiger partial charge in [0.1, 0.15) is 11.5 Å². The molecule has 1 aromatic heterocycles. The number of hydrogen-bond donors (Lipinski definition) is 1. The number of anilines is 2. The van der Waals surface area contributed by atoms with Crippen LogP contribution in [-0.2, 0) is 9.53 Å². The number of hydrogen-bond acceptors (Lipinski definition) is 7. The first-order chi connectivity index (χ1) is 14.2. The second-order valence-electron chi connectivity index (χ2n) is 6.28. The van der Waals surface area contributed by atoms with Crippen molar-refractivity contribution in [2.45, 2.75) is 5.16 Å². The summed E-state index contributed by atoms with van der Waals surface area (Å²) in [5.74, 6) is -0.545. The second-order valence-corrected chi connectivity index (χ2v) is 7.22. The Morgan fingerprint density at radius 3 is 2.62 bits per heavy atom. The van der Waals surface area contributed by atoms with Crippen molar-refractivity contribution in [1.29, 1.82) is 0 Å². The number of amides is 1. The van der Waals surface area contributed by atoms with E-state index in [0.29, 0.717) is 18.4 Å². The van der Waals surface area contributed by atoms with Crippen molar-refractivity contribution >= 4 is 29.0 Å². The summed E-state index contributed by atoms with van der Waals surface area (Å²) < 4.78 is 20.7. The van der Waals surface area contributed by atoms with Gasteiger partial charge in [-0.3, -0.25) is 4.79 Å². The molecule has 1 N–H and O–H groups in total. The summed E-state index contributed by atoms with van der Waals surface area (Å²) in [6.07, 6.45) is 0. The van der Waals surface area contributed by atoms with Gasteiger partial charge < -0.3 is 15.0 Å². The molecule has 1 aliphatic rings. The maximum absolute atomic E-state index is 14.0. The number of carbonyl (C=O) groups is 1. The number of ether oxygens (including phenoxy) is 1. The average molecular weight is 414 g/mol. The smallest absolute Gasteiger partial charge is 0.234 e. The van der Waals surface area contributed by atoms with E-state index in [1.54, 1.807) is 18.2 Å². The van der Waals surface area contributed by atoms with Gasteiger partial charge in [-0.25, -0.2) is 4.39 Å². The van der Waals surface area contributed by atoms with Crippen LogP contribution in [0.3, 0.4) is 0 Å². The molecule has 1 aliphatic heterocycles. The van der Waals surface area contributed by atoms with E-state index in [2.05, 4.69) is 25.7 Å². The predicted molar refractivity (Wildman–Crippen MR) is 108 cm³/mol. The van der Waals surface area contributed by atoms with Crippen LogP contribution in [0.5, 0.6) is 0 Å². The third kappa shape index (κ3) is 4.54. The zero-order chi connectivity index (χ0) is 20.1. The van der Waals surface area contributed by atoms with Gasteiger partial charge in [-0.2, -0.15) is 4.68 Å². The first-order valence-electron chi connectivity index (χ1n) is 9.10. The molecular formula is C19H19FN6O2S. The maximum atomic E-state index is 14.0. The summed E-state index contributed by atoms with van der Waals surface area (Å²) in [7, 11) is 0. The van der Waals surface area contributed by atoms with E-state index in [0.717, 1.165) is 36.2 Å². The Hall–Kier alpha value is -2.98. The number of para-hydroxylation sites is 3. The van der Waals surface area contributed by atoms with Crippen LogP contribution < -0.4 is 10.2 Å².